The number of para-hydroxylation sites is 3. The normalized spacial score (nSPS) is 11.9. The van der Waals surface area contributed by atoms with Gasteiger partial charge < -0.3 is 4.57 Å². The van der Waals surface area contributed by atoms with Crippen molar-refractivity contribution < 1.29 is 0 Å². The van der Waals surface area contributed by atoms with Gasteiger partial charge >= 0.3 is 0 Å². The molecule has 5 nitrogen and oxygen atoms in total. The number of benzene rings is 8. The van der Waals surface area contributed by atoms with Crippen LogP contribution in [0.3, 0.4) is 0 Å². The lowest BCUT2D eigenvalue weighted by Gasteiger charge is -2.14. The van der Waals surface area contributed by atoms with Gasteiger partial charge in [-0.2, -0.15) is 9.97 Å². The summed E-state index contributed by atoms with van der Waals surface area (Å²) in [5.41, 5.74) is 9.63. The Kier molecular flexibility index (Phi) is 7.03. The van der Waals surface area contributed by atoms with Crippen LogP contribution in [0.25, 0.3) is 109 Å². The highest BCUT2D eigenvalue weighted by molar-refractivity contribution is 7.25. The van der Waals surface area contributed by atoms with Gasteiger partial charge in [0.2, 0.25) is 5.95 Å². The Morgan fingerprint density at radius 2 is 0.947 bits per heavy atom. The highest BCUT2D eigenvalue weighted by Crippen LogP contribution is 2.46. The minimum Gasteiger partial charge on any atom is -0.307 e. The molecule has 57 heavy (non-hydrogen) atoms. The first-order chi connectivity index (χ1) is 28.3. The fraction of sp³-hybridized carbons (Fsp3) is 0. The SMILES string of the molecule is c1ccc(-c2nc(-c3ccc4sc5ccccc5c4c3)nc(-n3c4ccccc4c4cc(-c5ccccc5)c5c6ccccc6n(-c6ccccc6)c5c43)n2)cc1. The molecule has 0 aliphatic carbocycles. The molecule has 0 spiro atoms. The second-order valence-electron chi connectivity index (χ2n) is 14.4. The summed E-state index contributed by atoms with van der Waals surface area (Å²) in [6.45, 7) is 0. The van der Waals surface area contributed by atoms with Crippen LogP contribution < -0.4 is 0 Å². The van der Waals surface area contributed by atoms with E-state index < -0.39 is 0 Å². The van der Waals surface area contributed by atoms with Crippen molar-refractivity contribution in [2.45, 2.75) is 0 Å². The topological polar surface area (TPSA) is 48.5 Å². The molecule has 4 heterocycles. The summed E-state index contributed by atoms with van der Waals surface area (Å²) >= 11 is 1.81. The van der Waals surface area contributed by atoms with Crippen LogP contribution in [-0.2, 0) is 0 Å². The average Bonchev–Trinajstić information content (AvgIpc) is 3.95. The van der Waals surface area contributed by atoms with Gasteiger partial charge in [-0.05, 0) is 65.7 Å². The molecule has 0 amide bonds. The molecule has 0 saturated carbocycles. The summed E-state index contributed by atoms with van der Waals surface area (Å²) in [4.78, 5) is 16.0. The van der Waals surface area contributed by atoms with E-state index in [1.54, 1.807) is 0 Å². The van der Waals surface area contributed by atoms with E-state index in [1.807, 2.05) is 29.5 Å². The van der Waals surface area contributed by atoms with Crippen molar-refractivity contribution in [1.82, 2.24) is 24.1 Å². The maximum atomic E-state index is 5.42. The third-order valence-electron chi connectivity index (χ3n) is 11.2. The van der Waals surface area contributed by atoms with E-state index in [2.05, 4.69) is 179 Å². The van der Waals surface area contributed by atoms with E-state index in [-0.39, 0.29) is 0 Å². The molecular weight excluding hydrogens is 715 g/mol. The zero-order valence-electron chi connectivity index (χ0n) is 30.5. The summed E-state index contributed by atoms with van der Waals surface area (Å²) in [6, 6.07) is 66.7. The van der Waals surface area contributed by atoms with Gasteiger partial charge in [0.1, 0.15) is 0 Å². The van der Waals surface area contributed by atoms with Crippen LogP contribution >= 0.6 is 11.3 Å². The zero-order valence-corrected chi connectivity index (χ0v) is 31.4. The fourth-order valence-electron chi connectivity index (χ4n) is 8.67. The lowest BCUT2D eigenvalue weighted by atomic mass is 9.96. The van der Waals surface area contributed by atoms with Crippen LogP contribution in [0.5, 0.6) is 0 Å². The van der Waals surface area contributed by atoms with Crippen LogP contribution in [0.4, 0.5) is 0 Å². The first-order valence-electron chi connectivity index (χ1n) is 19.1. The lowest BCUT2D eigenvalue weighted by molar-refractivity contribution is 0.953. The number of nitrogens with zero attached hydrogens (tertiary/aromatic N) is 5. The van der Waals surface area contributed by atoms with Gasteiger partial charge in [0.25, 0.3) is 0 Å². The standard InChI is InChI=1S/C51H31N5S/c1-4-16-32(17-5-1)39-31-41-36-22-10-13-25-42(36)56(47(41)48-46(39)38-24-11-14-26-43(38)55(48)35-20-8-3-9-21-35)51-53-49(33-18-6-2-7-19-33)52-50(54-51)34-28-29-45-40(30-34)37-23-12-15-27-44(37)57-45/h1-31H. The average molecular weight is 746 g/mol. The Morgan fingerprint density at radius 3 is 1.70 bits per heavy atom. The molecule has 12 rings (SSSR count). The predicted molar refractivity (Wildman–Crippen MR) is 238 cm³/mol. The second kappa shape index (κ2) is 12.6. The molecule has 0 aliphatic rings. The lowest BCUT2D eigenvalue weighted by Crippen LogP contribution is -2.07. The zero-order chi connectivity index (χ0) is 37.5. The maximum absolute atomic E-state index is 5.42. The molecule has 0 fully saturated rings. The Balaban J connectivity index is 1.25. The molecule has 8 aromatic carbocycles. The van der Waals surface area contributed by atoms with Crippen LogP contribution in [0.2, 0.25) is 0 Å². The molecule has 0 N–H and O–H groups in total. The van der Waals surface area contributed by atoms with Crippen LogP contribution in [0.15, 0.2) is 188 Å². The largest absolute Gasteiger partial charge is 0.307 e. The predicted octanol–water partition coefficient (Wildman–Crippen LogP) is 13.4. The third-order valence-corrected chi connectivity index (χ3v) is 12.3. The van der Waals surface area contributed by atoms with Crippen molar-refractivity contribution in [2.75, 3.05) is 0 Å². The molecule has 4 aromatic heterocycles. The first kappa shape index (κ1) is 31.9. The van der Waals surface area contributed by atoms with Crippen molar-refractivity contribution in [2.24, 2.45) is 0 Å². The number of aromatic nitrogens is 5. The van der Waals surface area contributed by atoms with Crippen LogP contribution in [-0.4, -0.2) is 24.1 Å². The first-order valence-corrected chi connectivity index (χ1v) is 19.9. The summed E-state index contributed by atoms with van der Waals surface area (Å²) in [5.74, 6) is 1.82. The molecule has 12 aromatic rings. The smallest absolute Gasteiger partial charge is 0.238 e. The van der Waals surface area contributed by atoms with Gasteiger partial charge in [-0.25, -0.2) is 4.98 Å². The Labute approximate surface area is 331 Å². The van der Waals surface area contributed by atoms with Gasteiger partial charge in [0, 0.05) is 58.5 Å². The molecule has 0 atom stereocenters. The monoisotopic (exact) mass is 745 g/mol. The van der Waals surface area contributed by atoms with Gasteiger partial charge in [0.15, 0.2) is 11.6 Å². The number of hydrogen-bond donors (Lipinski definition) is 0. The number of rotatable bonds is 5. The van der Waals surface area contributed by atoms with Gasteiger partial charge in [0.05, 0.1) is 22.1 Å². The Morgan fingerprint density at radius 1 is 0.368 bits per heavy atom. The number of thiophene rings is 1. The summed E-state index contributed by atoms with van der Waals surface area (Å²) in [6.07, 6.45) is 0. The minimum absolute atomic E-state index is 0.568. The van der Waals surface area contributed by atoms with E-state index in [0.29, 0.717) is 17.6 Å². The quantitative estimate of drug-likeness (QED) is 0.176. The maximum Gasteiger partial charge on any atom is 0.238 e. The summed E-state index contributed by atoms with van der Waals surface area (Å²) < 4.78 is 7.20. The van der Waals surface area contributed by atoms with Crippen LogP contribution in [0.1, 0.15) is 0 Å². The van der Waals surface area contributed by atoms with Gasteiger partial charge in [-0.3, -0.25) is 4.57 Å². The Bertz CT molecular complexity index is 3510. The van der Waals surface area contributed by atoms with Crippen molar-refractivity contribution >= 4 is 75.1 Å². The van der Waals surface area contributed by atoms with Gasteiger partial charge in [-0.15, -0.1) is 11.3 Å². The second-order valence-corrected chi connectivity index (χ2v) is 15.5. The molecule has 0 aliphatic heterocycles. The molecule has 0 saturated heterocycles. The minimum atomic E-state index is 0.568. The molecule has 266 valence electrons. The van der Waals surface area contributed by atoms with E-state index >= 15 is 0 Å². The summed E-state index contributed by atoms with van der Waals surface area (Å²) in [5, 5.41) is 7.08. The number of hydrogen-bond acceptors (Lipinski definition) is 4. The highest BCUT2D eigenvalue weighted by Gasteiger charge is 2.26. The van der Waals surface area contributed by atoms with Crippen LogP contribution in [0, 0.1) is 0 Å². The highest BCUT2D eigenvalue weighted by atomic mass is 32.1. The third kappa shape index (κ3) is 4.91. The van der Waals surface area contributed by atoms with Crippen molar-refractivity contribution in [3.8, 4) is 45.5 Å². The van der Waals surface area contributed by atoms with E-state index in [0.717, 1.165) is 49.7 Å². The van der Waals surface area contributed by atoms with Crippen molar-refractivity contribution in [3.63, 3.8) is 0 Å². The molecule has 0 radical (unpaired) electrons. The molecule has 0 unspecified atom stereocenters. The van der Waals surface area contributed by atoms with Crippen molar-refractivity contribution in [1.29, 1.82) is 0 Å². The Hall–Kier alpha value is -7.41. The van der Waals surface area contributed by atoms with E-state index in [1.165, 1.54) is 42.1 Å². The van der Waals surface area contributed by atoms with E-state index in [4.69, 9.17) is 15.0 Å². The molecular formula is C51H31N5S. The van der Waals surface area contributed by atoms with Gasteiger partial charge in [-0.1, -0.05) is 133 Å². The molecule has 6 heteroatoms. The number of fused-ring (bicyclic) bond motifs is 10. The van der Waals surface area contributed by atoms with E-state index in [9.17, 15) is 0 Å². The molecule has 0 bridgehead atoms. The fourth-order valence-corrected chi connectivity index (χ4v) is 9.76. The summed E-state index contributed by atoms with van der Waals surface area (Å²) in [7, 11) is 0. The van der Waals surface area contributed by atoms with Crippen molar-refractivity contribution in [3.05, 3.63) is 188 Å².